The van der Waals surface area contributed by atoms with Crippen LogP contribution in [0.15, 0.2) is 43.0 Å². The number of carbonyl (C=O) groups is 1. The number of piperidine rings is 1. The Bertz CT molecular complexity index is 1090. The molecule has 1 aliphatic heterocycles. The van der Waals surface area contributed by atoms with E-state index >= 15 is 0 Å². The number of aryl methyl sites for hydroxylation is 1. The summed E-state index contributed by atoms with van der Waals surface area (Å²) in [6.07, 6.45) is 5.69. The van der Waals surface area contributed by atoms with E-state index in [1.54, 1.807) is 38.4 Å². The minimum absolute atomic E-state index is 0.212. The van der Waals surface area contributed by atoms with E-state index in [-0.39, 0.29) is 18.5 Å². The standard InChI is InChI=1S/C21H22ClF2N7O/c1-13-7-21(23,24)12-31(17(13)10-28-20-26-8-14(22)9-27-20)19(32)15-11-30(2)29-18(15)16-5-3-4-6-25-16/h3-6,8-9,11,13,17H,7,10,12H2,1-2H3,(H,26,27,28)/t13-,17-/m1/s1. The maximum absolute atomic E-state index is 14.5. The first-order valence-electron chi connectivity index (χ1n) is 10.1. The number of anilines is 1. The Hall–Kier alpha value is -3.14. The van der Waals surface area contributed by atoms with E-state index in [1.165, 1.54) is 28.2 Å². The lowest BCUT2D eigenvalue weighted by molar-refractivity contribution is -0.0897. The van der Waals surface area contributed by atoms with Crippen molar-refractivity contribution in [2.45, 2.75) is 25.3 Å². The van der Waals surface area contributed by atoms with Gasteiger partial charge in [-0.3, -0.25) is 14.5 Å². The second kappa shape index (κ2) is 8.78. The lowest BCUT2D eigenvalue weighted by Gasteiger charge is -2.43. The van der Waals surface area contributed by atoms with Crippen LogP contribution in [0.2, 0.25) is 5.02 Å². The normalized spacial score (nSPS) is 20.2. The molecule has 32 heavy (non-hydrogen) atoms. The molecule has 1 aliphatic rings. The Kier molecular flexibility index (Phi) is 6.05. The van der Waals surface area contributed by atoms with Gasteiger partial charge in [-0.15, -0.1) is 0 Å². The first kappa shape index (κ1) is 22.1. The molecule has 1 N–H and O–H groups in total. The van der Waals surface area contributed by atoms with Crippen LogP contribution in [-0.4, -0.2) is 60.6 Å². The maximum atomic E-state index is 14.5. The van der Waals surface area contributed by atoms with Crippen molar-refractivity contribution in [1.82, 2.24) is 29.6 Å². The summed E-state index contributed by atoms with van der Waals surface area (Å²) in [7, 11) is 1.67. The molecule has 4 rings (SSSR count). The molecule has 0 bridgehead atoms. The van der Waals surface area contributed by atoms with Gasteiger partial charge in [0.1, 0.15) is 5.69 Å². The zero-order valence-electron chi connectivity index (χ0n) is 17.5. The number of pyridine rings is 1. The number of amides is 1. The van der Waals surface area contributed by atoms with Crippen LogP contribution < -0.4 is 5.32 Å². The second-order valence-corrected chi connectivity index (χ2v) is 8.36. The summed E-state index contributed by atoms with van der Waals surface area (Å²) in [5.41, 5.74) is 1.08. The number of likely N-dealkylation sites (tertiary alicyclic amines) is 1. The topological polar surface area (TPSA) is 88.8 Å². The fourth-order valence-corrected chi connectivity index (χ4v) is 4.07. The zero-order valence-corrected chi connectivity index (χ0v) is 18.3. The van der Waals surface area contributed by atoms with Gasteiger partial charge in [-0.1, -0.05) is 24.6 Å². The van der Waals surface area contributed by atoms with E-state index in [9.17, 15) is 13.6 Å². The highest BCUT2D eigenvalue weighted by Crippen LogP contribution is 2.36. The molecule has 0 unspecified atom stereocenters. The molecule has 4 heterocycles. The van der Waals surface area contributed by atoms with Crippen LogP contribution in [0, 0.1) is 5.92 Å². The molecule has 0 saturated carbocycles. The predicted molar refractivity (Wildman–Crippen MR) is 116 cm³/mol. The third-order valence-electron chi connectivity index (χ3n) is 5.40. The number of alkyl halides is 2. The third kappa shape index (κ3) is 4.69. The highest BCUT2D eigenvalue weighted by molar-refractivity contribution is 6.30. The van der Waals surface area contributed by atoms with Gasteiger partial charge in [0.2, 0.25) is 5.95 Å². The van der Waals surface area contributed by atoms with Crippen molar-refractivity contribution in [3.63, 3.8) is 0 Å². The number of carbonyl (C=O) groups excluding carboxylic acids is 1. The van der Waals surface area contributed by atoms with E-state index in [0.29, 0.717) is 22.4 Å². The summed E-state index contributed by atoms with van der Waals surface area (Å²) in [5.74, 6) is -3.66. The van der Waals surface area contributed by atoms with Gasteiger partial charge in [0, 0.05) is 32.4 Å². The first-order valence-corrected chi connectivity index (χ1v) is 10.5. The summed E-state index contributed by atoms with van der Waals surface area (Å²) in [6, 6.07) is 4.75. The molecule has 168 valence electrons. The highest BCUT2D eigenvalue weighted by atomic mass is 35.5. The van der Waals surface area contributed by atoms with Crippen LogP contribution in [0.25, 0.3) is 11.4 Å². The monoisotopic (exact) mass is 461 g/mol. The van der Waals surface area contributed by atoms with Crippen LogP contribution in [-0.2, 0) is 7.05 Å². The van der Waals surface area contributed by atoms with Crippen molar-refractivity contribution in [2.24, 2.45) is 13.0 Å². The average molecular weight is 462 g/mol. The van der Waals surface area contributed by atoms with Gasteiger partial charge < -0.3 is 10.2 Å². The summed E-state index contributed by atoms with van der Waals surface area (Å²) in [6.45, 7) is 1.25. The second-order valence-electron chi connectivity index (χ2n) is 7.92. The van der Waals surface area contributed by atoms with Crippen molar-refractivity contribution in [1.29, 1.82) is 0 Å². The van der Waals surface area contributed by atoms with Crippen LogP contribution in [0.1, 0.15) is 23.7 Å². The average Bonchev–Trinajstić information content (AvgIpc) is 3.15. The van der Waals surface area contributed by atoms with Crippen molar-refractivity contribution in [2.75, 3.05) is 18.4 Å². The van der Waals surface area contributed by atoms with Crippen LogP contribution >= 0.6 is 11.6 Å². The molecule has 2 atom stereocenters. The van der Waals surface area contributed by atoms with Crippen LogP contribution in [0.3, 0.4) is 0 Å². The molecule has 3 aromatic heterocycles. The number of aromatic nitrogens is 5. The molecule has 3 aromatic rings. The van der Waals surface area contributed by atoms with Crippen molar-refractivity contribution < 1.29 is 13.6 Å². The van der Waals surface area contributed by atoms with Gasteiger partial charge in [0.15, 0.2) is 0 Å². The summed E-state index contributed by atoms with van der Waals surface area (Å²) >= 11 is 5.81. The van der Waals surface area contributed by atoms with Gasteiger partial charge in [-0.05, 0) is 18.1 Å². The minimum atomic E-state index is -2.99. The fraction of sp³-hybridized carbons (Fsp3) is 0.381. The molecule has 1 amide bonds. The molecule has 1 fully saturated rings. The molecular weight excluding hydrogens is 440 g/mol. The first-order chi connectivity index (χ1) is 15.2. The number of hydrogen-bond donors (Lipinski definition) is 1. The van der Waals surface area contributed by atoms with E-state index in [0.717, 1.165) is 0 Å². The molecule has 11 heteroatoms. The largest absolute Gasteiger partial charge is 0.352 e. The van der Waals surface area contributed by atoms with E-state index in [4.69, 9.17) is 11.6 Å². The summed E-state index contributed by atoms with van der Waals surface area (Å²) in [5, 5.41) is 7.77. The minimum Gasteiger partial charge on any atom is -0.352 e. The van der Waals surface area contributed by atoms with Crippen LogP contribution in [0.4, 0.5) is 14.7 Å². The lowest BCUT2D eigenvalue weighted by atomic mass is 9.88. The molecule has 8 nitrogen and oxygen atoms in total. The number of hydrogen-bond acceptors (Lipinski definition) is 6. The Morgan fingerprint density at radius 1 is 1.28 bits per heavy atom. The lowest BCUT2D eigenvalue weighted by Crippen LogP contribution is -2.57. The van der Waals surface area contributed by atoms with Gasteiger partial charge >= 0.3 is 0 Å². The Morgan fingerprint density at radius 3 is 2.72 bits per heavy atom. The number of nitrogens with one attached hydrogen (secondary N) is 1. The van der Waals surface area contributed by atoms with E-state index < -0.39 is 30.3 Å². The Labute approximate surface area is 188 Å². The quantitative estimate of drug-likeness (QED) is 0.625. The Balaban J connectivity index is 1.64. The third-order valence-corrected chi connectivity index (χ3v) is 5.59. The smallest absolute Gasteiger partial charge is 0.265 e. The molecule has 0 spiro atoms. The van der Waals surface area contributed by atoms with Gasteiger partial charge in [0.25, 0.3) is 11.8 Å². The van der Waals surface area contributed by atoms with Crippen LogP contribution in [0.5, 0.6) is 0 Å². The summed E-state index contributed by atoms with van der Waals surface area (Å²) < 4.78 is 30.5. The molecule has 0 aromatic carbocycles. The SMILES string of the molecule is C[C@@H]1CC(F)(F)CN(C(=O)c2cn(C)nc2-c2ccccn2)[C@@H]1CNc1ncc(Cl)cn1. The summed E-state index contributed by atoms with van der Waals surface area (Å²) in [4.78, 5) is 27.2. The number of halogens is 3. The van der Waals surface area contributed by atoms with Crippen molar-refractivity contribution in [3.05, 3.63) is 53.6 Å². The maximum Gasteiger partial charge on any atom is 0.265 e. The van der Waals surface area contributed by atoms with E-state index in [1.807, 2.05) is 0 Å². The van der Waals surface area contributed by atoms with Gasteiger partial charge in [0.05, 0.1) is 41.3 Å². The fourth-order valence-electron chi connectivity index (χ4n) is 3.97. The predicted octanol–water partition coefficient (Wildman–Crippen LogP) is 3.52. The molecule has 0 radical (unpaired) electrons. The van der Waals surface area contributed by atoms with Gasteiger partial charge in [-0.2, -0.15) is 5.10 Å². The zero-order chi connectivity index (χ0) is 22.9. The van der Waals surface area contributed by atoms with Gasteiger partial charge in [-0.25, -0.2) is 18.7 Å². The number of rotatable bonds is 5. The molecule has 1 saturated heterocycles. The Morgan fingerprint density at radius 2 is 2.03 bits per heavy atom. The van der Waals surface area contributed by atoms with E-state index in [2.05, 4.69) is 25.4 Å². The van der Waals surface area contributed by atoms with Crippen molar-refractivity contribution >= 4 is 23.5 Å². The van der Waals surface area contributed by atoms with Crippen molar-refractivity contribution in [3.8, 4) is 11.4 Å². The highest BCUT2D eigenvalue weighted by Gasteiger charge is 2.46. The number of nitrogens with zero attached hydrogens (tertiary/aromatic N) is 6. The molecular formula is C21H22ClF2N7O. The molecule has 0 aliphatic carbocycles.